The Morgan fingerprint density at radius 2 is 2.14 bits per heavy atom. The first-order valence-corrected chi connectivity index (χ1v) is 7.22. The van der Waals surface area contributed by atoms with Gasteiger partial charge in [0.15, 0.2) is 5.69 Å². The average molecular weight is 302 g/mol. The van der Waals surface area contributed by atoms with Crippen LogP contribution in [0.5, 0.6) is 0 Å². The smallest absolute Gasteiger partial charge is 0.309 e. The number of carboxylic acid groups (broad SMARTS) is 1. The zero-order valence-electron chi connectivity index (χ0n) is 12.3. The fourth-order valence-electron chi connectivity index (χ4n) is 2.78. The number of carboxylic acids is 1. The molecule has 1 aromatic heterocycles. The van der Waals surface area contributed by atoms with Gasteiger partial charge in [0.25, 0.3) is 5.91 Å². The minimum absolute atomic E-state index is 0.200. The Balaban J connectivity index is 1.93. The third-order valence-corrected chi connectivity index (χ3v) is 3.99. The predicted octanol–water partition coefficient (Wildman–Crippen LogP) is 0.320. The van der Waals surface area contributed by atoms with E-state index in [4.69, 9.17) is 0 Å². The molecule has 1 fully saturated rings. The molecule has 1 aromatic carbocycles. The highest BCUT2D eigenvalue weighted by Crippen LogP contribution is 2.19. The molecule has 1 atom stereocenters. The number of aromatic nitrogens is 2. The minimum Gasteiger partial charge on any atom is -0.481 e. The standard InChI is InChI=1S/C15H18N4O3/c1-18-12-5-3-2-4-11(12)13(17-18)14(20)19-7-6-16-8-10(9-19)15(21)22/h2-5,10,16H,6-9H2,1H3,(H,21,22)/t10-/m0/s1. The SMILES string of the molecule is Cn1nc(C(=O)N2CCNC[C@H](C(=O)O)C2)c2ccccc21. The summed E-state index contributed by atoms with van der Waals surface area (Å²) >= 11 is 0. The van der Waals surface area contributed by atoms with E-state index in [0.29, 0.717) is 25.3 Å². The third-order valence-electron chi connectivity index (χ3n) is 3.99. The van der Waals surface area contributed by atoms with E-state index < -0.39 is 11.9 Å². The van der Waals surface area contributed by atoms with E-state index in [1.807, 2.05) is 24.3 Å². The maximum absolute atomic E-state index is 12.8. The average Bonchev–Trinajstić information content (AvgIpc) is 2.71. The summed E-state index contributed by atoms with van der Waals surface area (Å²) in [7, 11) is 1.79. The summed E-state index contributed by atoms with van der Waals surface area (Å²) in [5.74, 6) is -1.70. The normalized spacial score (nSPS) is 19.1. The second kappa shape index (κ2) is 5.76. The van der Waals surface area contributed by atoms with Crippen LogP contribution in [0.4, 0.5) is 0 Å². The highest BCUT2D eigenvalue weighted by Gasteiger charge is 2.29. The molecule has 0 aliphatic carbocycles. The molecule has 2 heterocycles. The number of para-hydroxylation sites is 1. The molecule has 1 amide bonds. The second-order valence-corrected chi connectivity index (χ2v) is 5.48. The molecule has 116 valence electrons. The summed E-state index contributed by atoms with van der Waals surface area (Å²) in [5.41, 5.74) is 1.26. The maximum atomic E-state index is 12.8. The van der Waals surface area contributed by atoms with Crippen molar-refractivity contribution in [3.63, 3.8) is 0 Å². The van der Waals surface area contributed by atoms with Crippen molar-refractivity contribution in [2.75, 3.05) is 26.2 Å². The molecule has 1 saturated heterocycles. The van der Waals surface area contributed by atoms with Gasteiger partial charge in [0.2, 0.25) is 0 Å². The molecule has 0 bridgehead atoms. The van der Waals surface area contributed by atoms with E-state index in [9.17, 15) is 14.7 Å². The van der Waals surface area contributed by atoms with Gasteiger partial charge in [0.1, 0.15) is 0 Å². The van der Waals surface area contributed by atoms with Gasteiger partial charge in [-0.2, -0.15) is 5.10 Å². The molecule has 0 unspecified atom stereocenters. The molecule has 1 aliphatic rings. The summed E-state index contributed by atoms with van der Waals surface area (Å²) in [4.78, 5) is 25.6. The molecular weight excluding hydrogens is 284 g/mol. The summed E-state index contributed by atoms with van der Waals surface area (Å²) in [6.07, 6.45) is 0. The molecule has 7 heteroatoms. The summed E-state index contributed by atoms with van der Waals surface area (Å²) in [6, 6.07) is 7.53. The van der Waals surface area contributed by atoms with Crippen molar-refractivity contribution in [2.24, 2.45) is 13.0 Å². The molecule has 2 N–H and O–H groups in total. The van der Waals surface area contributed by atoms with E-state index >= 15 is 0 Å². The lowest BCUT2D eigenvalue weighted by atomic mass is 10.1. The first kappa shape index (κ1) is 14.5. The number of hydrogen-bond donors (Lipinski definition) is 2. The number of nitrogens with one attached hydrogen (secondary N) is 1. The number of hydrogen-bond acceptors (Lipinski definition) is 4. The van der Waals surface area contributed by atoms with Crippen molar-refractivity contribution in [3.05, 3.63) is 30.0 Å². The van der Waals surface area contributed by atoms with E-state index in [-0.39, 0.29) is 12.5 Å². The van der Waals surface area contributed by atoms with Gasteiger partial charge >= 0.3 is 5.97 Å². The monoisotopic (exact) mass is 302 g/mol. The maximum Gasteiger partial charge on any atom is 0.309 e. The van der Waals surface area contributed by atoms with Crippen LogP contribution in [0.3, 0.4) is 0 Å². The number of carbonyl (C=O) groups excluding carboxylic acids is 1. The largest absolute Gasteiger partial charge is 0.481 e. The molecular formula is C15H18N4O3. The Kier molecular flexibility index (Phi) is 3.81. The van der Waals surface area contributed by atoms with E-state index in [1.54, 1.807) is 16.6 Å². The van der Waals surface area contributed by atoms with Crippen LogP contribution in [0.15, 0.2) is 24.3 Å². The molecule has 0 spiro atoms. The van der Waals surface area contributed by atoms with Crippen LogP contribution in [0.1, 0.15) is 10.5 Å². The van der Waals surface area contributed by atoms with E-state index in [0.717, 1.165) is 10.9 Å². The van der Waals surface area contributed by atoms with E-state index in [2.05, 4.69) is 10.4 Å². The first-order chi connectivity index (χ1) is 10.6. The quantitative estimate of drug-likeness (QED) is 0.834. The van der Waals surface area contributed by atoms with Crippen molar-refractivity contribution in [1.82, 2.24) is 20.0 Å². The van der Waals surface area contributed by atoms with Crippen molar-refractivity contribution >= 4 is 22.8 Å². The zero-order chi connectivity index (χ0) is 15.7. The van der Waals surface area contributed by atoms with Crippen molar-refractivity contribution in [3.8, 4) is 0 Å². The third kappa shape index (κ3) is 2.55. The lowest BCUT2D eigenvalue weighted by molar-refractivity contribution is -0.141. The number of benzene rings is 1. The predicted molar refractivity (Wildman–Crippen MR) is 80.6 cm³/mol. The van der Waals surface area contributed by atoms with Gasteiger partial charge in [-0.25, -0.2) is 0 Å². The van der Waals surface area contributed by atoms with Gasteiger partial charge in [0, 0.05) is 38.6 Å². The number of aliphatic carboxylic acids is 1. The first-order valence-electron chi connectivity index (χ1n) is 7.22. The van der Waals surface area contributed by atoms with Crippen molar-refractivity contribution in [1.29, 1.82) is 0 Å². The molecule has 1 aliphatic heterocycles. The Labute approximate surface area is 127 Å². The zero-order valence-corrected chi connectivity index (χ0v) is 12.3. The number of aryl methyl sites for hydroxylation is 1. The fraction of sp³-hybridized carbons (Fsp3) is 0.400. The van der Waals surface area contributed by atoms with E-state index in [1.165, 1.54) is 0 Å². The van der Waals surface area contributed by atoms with Crippen molar-refractivity contribution < 1.29 is 14.7 Å². The summed E-state index contributed by atoms with van der Waals surface area (Å²) in [5, 5.41) is 17.4. The molecule has 0 radical (unpaired) electrons. The topological polar surface area (TPSA) is 87.5 Å². The Morgan fingerprint density at radius 3 is 2.91 bits per heavy atom. The molecule has 3 rings (SSSR count). The van der Waals surface area contributed by atoms with Gasteiger partial charge in [-0.15, -0.1) is 0 Å². The van der Waals surface area contributed by atoms with Crippen LogP contribution < -0.4 is 5.32 Å². The molecule has 2 aromatic rings. The number of nitrogens with zero attached hydrogens (tertiary/aromatic N) is 3. The van der Waals surface area contributed by atoms with Crippen LogP contribution in [0.25, 0.3) is 10.9 Å². The van der Waals surface area contributed by atoms with Crippen molar-refractivity contribution in [2.45, 2.75) is 0 Å². The number of rotatable bonds is 2. The van der Waals surface area contributed by atoms with Gasteiger partial charge in [-0.3, -0.25) is 14.3 Å². The van der Waals surface area contributed by atoms with Gasteiger partial charge in [-0.05, 0) is 6.07 Å². The highest BCUT2D eigenvalue weighted by atomic mass is 16.4. The van der Waals surface area contributed by atoms with Crippen LogP contribution in [0.2, 0.25) is 0 Å². The minimum atomic E-state index is -0.891. The Bertz CT molecular complexity index is 725. The van der Waals surface area contributed by atoms with Crippen LogP contribution in [-0.4, -0.2) is 57.8 Å². The van der Waals surface area contributed by atoms with Crippen LogP contribution in [-0.2, 0) is 11.8 Å². The lowest BCUT2D eigenvalue weighted by Gasteiger charge is -2.21. The number of carbonyl (C=O) groups is 2. The summed E-state index contributed by atoms with van der Waals surface area (Å²) < 4.78 is 1.67. The van der Waals surface area contributed by atoms with Gasteiger partial charge < -0.3 is 15.3 Å². The number of fused-ring (bicyclic) bond motifs is 1. The Morgan fingerprint density at radius 1 is 1.36 bits per heavy atom. The Hall–Kier alpha value is -2.41. The fourth-order valence-corrected chi connectivity index (χ4v) is 2.78. The molecule has 0 saturated carbocycles. The van der Waals surface area contributed by atoms with Gasteiger partial charge in [-0.1, -0.05) is 18.2 Å². The molecule has 7 nitrogen and oxygen atoms in total. The second-order valence-electron chi connectivity index (χ2n) is 5.48. The number of amides is 1. The van der Waals surface area contributed by atoms with Crippen LogP contribution >= 0.6 is 0 Å². The summed E-state index contributed by atoms with van der Waals surface area (Å²) in [6.45, 7) is 1.64. The van der Waals surface area contributed by atoms with Gasteiger partial charge in [0.05, 0.1) is 11.4 Å². The van der Waals surface area contributed by atoms with Crippen LogP contribution in [0, 0.1) is 5.92 Å². The lowest BCUT2D eigenvalue weighted by Crippen LogP contribution is -2.38. The highest BCUT2D eigenvalue weighted by molar-refractivity contribution is 6.05. The molecule has 22 heavy (non-hydrogen) atoms.